The van der Waals surface area contributed by atoms with E-state index in [1.54, 1.807) is 31.2 Å². The Balaban J connectivity index is 0.850. The molecular weight excluding hydrogens is 1040 g/mol. The van der Waals surface area contributed by atoms with E-state index >= 15 is 0 Å². The highest BCUT2D eigenvalue weighted by Gasteiger charge is 2.50. The number of sulfonamides is 1. The van der Waals surface area contributed by atoms with Crippen LogP contribution in [0.5, 0.6) is 23.1 Å². The molecule has 0 radical (unpaired) electrons. The molecule has 79 heavy (non-hydrogen) atoms. The number of piperazine rings is 1. The number of hydrogen-bond acceptors (Lipinski definition) is 15. The Morgan fingerprint density at radius 1 is 0.975 bits per heavy atom. The Hall–Kier alpha value is -7.01. The van der Waals surface area contributed by atoms with E-state index in [-0.39, 0.29) is 62.9 Å². The molecule has 5 heterocycles. The number of aromatic amines is 1. The summed E-state index contributed by atoms with van der Waals surface area (Å²) in [7, 11) is -3.41. The third-order valence-electron chi connectivity index (χ3n) is 16.5. The third-order valence-corrected chi connectivity index (χ3v) is 17.8. The monoisotopic (exact) mass is 1110 g/mol. The Labute approximate surface area is 456 Å². The lowest BCUT2D eigenvalue weighted by molar-refractivity contribution is -0.384. The van der Waals surface area contributed by atoms with Crippen LogP contribution in [0.25, 0.3) is 11.0 Å². The normalized spacial score (nSPS) is 21.1. The van der Waals surface area contributed by atoms with Gasteiger partial charge in [0.1, 0.15) is 27.9 Å². The van der Waals surface area contributed by atoms with Crippen molar-refractivity contribution in [1.29, 1.82) is 0 Å². The molecule has 1 atom stereocenters. The van der Waals surface area contributed by atoms with Gasteiger partial charge in [-0.25, -0.2) is 22.5 Å². The van der Waals surface area contributed by atoms with E-state index in [4.69, 9.17) is 9.47 Å². The number of hydrogen-bond donors (Lipinski definition) is 4. The van der Waals surface area contributed by atoms with Crippen LogP contribution in [0.15, 0.2) is 96.2 Å². The largest absolute Gasteiger partial charge is 0.478 e. The van der Waals surface area contributed by atoms with Crippen molar-refractivity contribution < 1.29 is 50.6 Å². The van der Waals surface area contributed by atoms with Gasteiger partial charge < -0.3 is 34.5 Å². The quantitative estimate of drug-likeness (QED) is 0.0465. The van der Waals surface area contributed by atoms with Gasteiger partial charge >= 0.3 is 12.3 Å². The lowest BCUT2D eigenvalue weighted by Gasteiger charge is -2.58. The summed E-state index contributed by atoms with van der Waals surface area (Å²) in [6.45, 7) is 8.27. The van der Waals surface area contributed by atoms with Crippen molar-refractivity contribution in [3.63, 3.8) is 0 Å². The van der Waals surface area contributed by atoms with E-state index in [0.717, 1.165) is 69.3 Å². The van der Waals surface area contributed by atoms with Gasteiger partial charge in [0, 0.05) is 88.0 Å². The minimum Gasteiger partial charge on any atom is -0.478 e. The number of pyridine rings is 2. The number of benzene rings is 3. The molecule has 4 fully saturated rings. The molecular formula is C57H66F3N9O9S. The van der Waals surface area contributed by atoms with Gasteiger partial charge in [0.15, 0.2) is 5.75 Å². The number of nitrogens with one attached hydrogen (secondary N) is 3. The molecule has 3 aromatic heterocycles. The Morgan fingerprint density at radius 2 is 1.71 bits per heavy atom. The average molecular weight is 1110 g/mol. The number of carbonyl (C=O) groups is 1. The molecule has 18 nitrogen and oxygen atoms in total. The standard InChI is InChI=1S/C57H66F3N9O9S/c1-35(2)42-7-5-6-8-43(42)48-34-66(33-37-9-12-40(13-10-37)77-55(59)60)23-24-68(48)39-28-57(29-39)19-21-67(22-20-57)38-11-14-44(49(25-38)78-50-27-45-46(58)32-63-51(45)64-54(50)76-4)53(70)65-79(74,75)41-26-47(69(72)73)52(62-31-41)61-30-36-15-17-56(3,71)18-16-36/h5-14,25-27,31-32,35-36,39,48,55,71H,15-24,28-30,33-34H2,1-4H3,(H,61,62)(H,63,64)(H,65,70)/t36?,48-,56?/m0/s1. The molecule has 1 spiro atoms. The zero-order valence-corrected chi connectivity index (χ0v) is 45.4. The Morgan fingerprint density at radius 3 is 2.41 bits per heavy atom. The SMILES string of the molecule is COc1nc2[nH]cc(F)c2cc1Oc1cc(N2CCC3(CC2)CC(N2CCN(Cc4ccc(OC(F)F)cc4)C[C@H]2c2ccccc2C(C)C)C3)ccc1C(=O)NS(=O)(=O)c1cnc(NCC2CCC(C)(O)CC2)c([N+](=O)[O-])c1. The number of rotatable bonds is 18. The van der Waals surface area contributed by atoms with Crippen LogP contribution in [0, 0.1) is 27.3 Å². The number of anilines is 2. The minimum atomic E-state index is -4.76. The number of H-pyrrole nitrogens is 1. The minimum absolute atomic E-state index is 0.0353. The number of methoxy groups -OCH3 is 1. The third kappa shape index (κ3) is 12.3. The molecule has 10 rings (SSSR count). The number of ether oxygens (including phenoxy) is 3. The summed E-state index contributed by atoms with van der Waals surface area (Å²) >= 11 is 0. The summed E-state index contributed by atoms with van der Waals surface area (Å²) in [6, 6.07) is 23.1. The summed E-state index contributed by atoms with van der Waals surface area (Å²) in [5, 5.41) is 25.6. The van der Waals surface area contributed by atoms with Gasteiger partial charge in [-0.05, 0) is 116 Å². The smallest absolute Gasteiger partial charge is 0.387 e. The summed E-state index contributed by atoms with van der Waals surface area (Å²) in [6.07, 6.45) is 8.50. The molecule has 4 N–H and O–H groups in total. The molecule has 22 heteroatoms. The van der Waals surface area contributed by atoms with Crippen molar-refractivity contribution in [3.05, 3.63) is 129 Å². The van der Waals surface area contributed by atoms with Crippen molar-refractivity contribution in [3.8, 4) is 23.1 Å². The molecule has 3 aromatic carbocycles. The van der Waals surface area contributed by atoms with Crippen molar-refractivity contribution in [2.75, 3.05) is 56.6 Å². The van der Waals surface area contributed by atoms with Crippen LogP contribution in [0.3, 0.4) is 0 Å². The second-order valence-electron chi connectivity index (χ2n) is 22.2. The van der Waals surface area contributed by atoms with Gasteiger partial charge in [-0.3, -0.25) is 24.7 Å². The second kappa shape index (κ2) is 22.6. The first-order valence-electron chi connectivity index (χ1n) is 26.8. The summed E-state index contributed by atoms with van der Waals surface area (Å²) in [4.78, 5) is 43.6. The number of fused-ring (bicyclic) bond motifs is 1. The molecule has 2 aliphatic heterocycles. The van der Waals surface area contributed by atoms with Gasteiger partial charge in [-0.15, -0.1) is 0 Å². The summed E-state index contributed by atoms with van der Waals surface area (Å²) < 4.78 is 86.9. The molecule has 2 saturated carbocycles. The number of piperidine rings is 1. The Bertz CT molecular complexity index is 3300. The number of carbonyl (C=O) groups excluding carboxylic acids is 1. The molecule has 6 aromatic rings. The fourth-order valence-electron chi connectivity index (χ4n) is 12.0. The predicted octanol–water partition coefficient (Wildman–Crippen LogP) is 10.3. The maximum atomic E-state index is 14.9. The highest BCUT2D eigenvalue weighted by molar-refractivity contribution is 7.90. The van der Waals surface area contributed by atoms with Gasteiger partial charge in [0.25, 0.3) is 21.8 Å². The molecule has 1 amide bonds. The molecule has 4 aliphatic rings. The van der Waals surface area contributed by atoms with Gasteiger partial charge in [-0.1, -0.05) is 50.2 Å². The van der Waals surface area contributed by atoms with Crippen LogP contribution in [0.1, 0.15) is 111 Å². The Kier molecular flexibility index (Phi) is 15.8. The number of alkyl halides is 2. The van der Waals surface area contributed by atoms with Crippen LogP contribution in [0.4, 0.5) is 30.4 Å². The van der Waals surface area contributed by atoms with Crippen molar-refractivity contribution in [2.24, 2.45) is 11.3 Å². The molecule has 0 unspecified atom stereocenters. The maximum Gasteiger partial charge on any atom is 0.387 e. The van der Waals surface area contributed by atoms with E-state index in [1.807, 2.05) is 16.9 Å². The van der Waals surface area contributed by atoms with Crippen LogP contribution < -0.4 is 29.1 Å². The number of nitrogens with zero attached hydrogens (tertiary/aromatic N) is 6. The molecule has 0 bridgehead atoms. The first-order chi connectivity index (χ1) is 37.8. The topological polar surface area (TPSA) is 218 Å². The van der Waals surface area contributed by atoms with Crippen molar-refractivity contribution >= 4 is 44.2 Å². The average Bonchev–Trinajstić information content (AvgIpc) is 3.85. The lowest BCUT2D eigenvalue weighted by atomic mass is 9.59. The second-order valence-corrected chi connectivity index (χ2v) is 23.9. The maximum absolute atomic E-state index is 14.9. The van der Waals surface area contributed by atoms with Crippen LogP contribution in [-0.2, 0) is 16.6 Å². The first kappa shape index (κ1) is 55.3. The van der Waals surface area contributed by atoms with E-state index < -0.39 is 49.5 Å². The first-order valence-corrected chi connectivity index (χ1v) is 28.3. The lowest BCUT2D eigenvalue weighted by Crippen LogP contribution is -2.60. The fourth-order valence-corrected chi connectivity index (χ4v) is 13.0. The number of halogens is 3. The number of aliphatic hydroxyl groups is 1. The van der Waals surface area contributed by atoms with Gasteiger partial charge in [-0.2, -0.15) is 13.8 Å². The van der Waals surface area contributed by atoms with Gasteiger partial charge in [0.2, 0.25) is 5.82 Å². The van der Waals surface area contributed by atoms with Crippen LogP contribution >= 0.6 is 0 Å². The van der Waals surface area contributed by atoms with Crippen LogP contribution in [-0.4, -0.2) is 114 Å². The number of amides is 1. The van der Waals surface area contributed by atoms with E-state index in [2.05, 4.69) is 77.8 Å². The van der Waals surface area contributed by atoms with E-state index in [9.17, 15) is 41.6 Å². The highest BCUT2D eigenvalue weighted by atomic mass is 32.2. The summed E-state index contributed by atoms with van der Waals surface area (Å²) in [5.41, 5.74) is 3.10. The molecule has 420 valence electrons. The predicted molar refractivity (Wildman–Crippen MR) is 291 cm³/mol. The van der Waals surface area contributed by atoms with Crippen molar-refractivity contribution in [2.45, 2.75) is 114 Å². The van der Waals surface area contributed by atoms with Crippen LogP contribution in [0.2, 0.25) is 0 Å². The zero-order valence-electron chi connectivity index (χ0n) is 44.6. The highest BCUT2D eigenvalue weighted by Crippen LogP contribution is 2.53. The van der Waals surface area contributed by atoms with Gasteiger partial charge in [0.05, 0.1) is 34.8 Å². The number of aromatic nitrogens is 3. The molecule has 2 aliphatic carbocycles. The van der Waals surface area contributed by atoms with E-state index in [1.165, 1.54) is 30.4 Å². The zero-order chi connectivity index (χ0) is 55.8. The van der Waals surface area contributed by atoms with E-state index in [0.29, 0.717) is 69.5 Å². The molecule has 2 saturated heterocycles. The van der Waals surface area contributed by atoms with Crippen molar-refractivity contribution in [1.82, 2.24) is 29.5 Å². The fraction of sp³-hybridized carbons (Fsp3) is 0.456. The summed E-state index contributed by atoms with van der Waals surface area (Å²) in [5.74, 6) is -1.43. The number of nitro groups is 1.